The van der Waals surface area contributed by atoms with Gasteiger partial charge in [-0.15, -0.1) is 6.42 Å². The molecule has 2 N–H and O–H groups in total. The van der Waals surface area contributed by atoms with E-state index in [1.807, 2.05) is 0 Å². The summed E-state index contributed by atoms with van der Waals surface area (Å²) in [6.07, 6.45) is 10.0. The average molecular weight is 268 g/mol. The van der Waals surface area contributed by atoms with Crippen molar-refractivity contribution < 1.29 is 14.7 Å². The number of carbonyl (C=O) groups excluding carboxylic acids is 1. The summed E-state index contributed by atoms with van der Waals surface area (Å²) in [6, 6.07) is -0.304. The van der Waals surface area contributed by atoms with Gasteiger partial charge < -0.3 is 15.3 Å². The minimum absolute atomic E-state index is 0.00472. The largest absolute Gasteiger partial charge is 0.480 e. The second-order valence-corrected chi connectivity index (χ2v) is 4.53. The molecule has 19 heavy (non-hydrogen) atoms. The van der Waals surface area contributed by atoms with Gasteiger partial charge in [0.1, 0.15) is 6.54 Å². The van der Waals surface area contributed by atoms with Crippen LogP contribution in [0.4, 0.5) is 4.79 Å². The SMILES string of the molecule is C#CCN(CC(=O)O)C(=O)NC(CCC)CCCC. The molecule has 0 aliphatic heterocycles. The van der Waals surface area contributed by atoms with E-state index in [9.17, 15) is 9.59 Å². The zero-order valence-corrected chi connectivity index (χ0v) is 11.8. The van der Waals surface area contributed by atoms with Crippen LogP contribution in [0.5, 0.6) is 0 Å². The zero-order chi connectivity index (χ0) is 14.7. The van der Waals surface area contributed by atoms with Crippen LogP contribution in [0.3, 0.4) is 0 Å². The molecule has 0 spiro atoms. The van der Waals surface area contributed by atoms with Gasteiger partial charge in [-0.3, -0.25) is 4.79 Å². The smallest absolute Gasteiger partial charge is 0.323 e. The minimum Gasteiger partial charge on any atom is -0.480 e. The summed E-state index contributed by atoms with van der Waals surface area (Å²) in [5, 5.41) is 11.6. The molecular formula is C14H24N2O3. The molecule has 1 atom stereocenters. The lowest BCUT2D eigenvalue weighted by molar-refractivity contribution is -0.137. The third kappa shape index (κ3) is 8.09. The third-order valence-corrected chi connectivity index (χ3v) is 2.77. The van der Waals surface area contributed by atoms with Crippen molar-refractivity contribution in [3.8, 4) is 12.3 Å². The van der Waals surface area contributed by atoms with Gasteiger partial charge in [-0.05, 0) is 12.8 Å². The van der Waals surface area contributed by atoms with E-state index in [-0.39, 0.29) is 19.1 Å². The summed E-state index contributed by atoms with van der Waals surface area (Å²) in [5.74, 6) is 1.24. The number of nitrogens with zero attached hydrogens (tertiary/aromatic N) is 1. The van der Waals surface area contributed by atoms with Crippen molar-refractivity contribution in [2.75, 3.05) is 13.1 Å². The lowest BCUT2D eigenvalue weighted by Gasteiger charge is -2.24. The van der Waals surface area contributed by atoms with Crippen LogP contribution in [0.2, 0.25) is 0 Å². The Kier molecular flexibility index (Phi) is 9.33. The summed E-state index contributed by atoms with van der Waals surface area (Å²) in [4.78, 5) is 23.8. The highest BCUT2D eigenvalue weighted by molar-refractivity contribution is 5.80. The molecule has 0 fully saturated rings. The van der Waals surface area contributed by atoms with Gasteiger partial charge in [0.25, 0.3) is 0 Å². The number of nitrogens with one attached hydrogen (secondary N) is 1. The summed E-state index contributed by atoms with van der Waals surface area (Å²) < 4.78 is 0. The van der Waals surface area contributed by atoms with Crippen molar-refractivity contribution in [2.45, 2.75) is 52.0 Å². The molecule has 108 valence electrons. The van der Waals surface area contributed by atoms with Gasteiger partial charge in [0.05, 0.1) is 6.54 Å². The number of carbonyl (C=O) groups is 2. The average Bonchev–Trinajstić information content (AvgIpc) is 2.35. The molecule has 0 rings (SSSR count). The van der Waals surface area contributed by atoms with Gasteiger partial charge in [-0.25, -0.2) is 4.79 Å². The maximum Gasteiger partial charge on any atom is 0.323 e. The molecule has 2 amide bonds. The fraction of sp³-hybridized carbons (Fsp3) is 0.714. The van der Waals surface area contributed by atoms with Crippen LogP contribution < -0.4 is 5.32 Å². The Bertz CT molecular complexity index is 323. The topological polar surface area (TPSA) is 69.6 Å². The van der Waals surface area contributed by atoms with Crippen molar-refractivity contribution in [3.63, 3.8) is 0 Å². The second kappa shape index (κ2) is 10.2. The van der Waals surface area contributed by atoms with Gasteiger partial charge in [0.15, 0.2) is 0 Å². The first-order chi connectivity index (χ1) is 9.04. The van der Waals surface area contributed by atoms with E-state index in [1.54, 1.807) is 0 Å². The van der Waals surface area contributed by atoms with Crippen molar-refractivity contribution in [3.05, 3.63) is 0 Å². The Morgan fingerprint density at radius 2 is 2.00 bits per heavy atom. The van der Waals surface area contributed by atoms with Crippen LogP contribution in [0.25, 0.3) is 0 Å². The van der Waals surface area contributed by atoms with E-state index in [1.165, 1.54) is 0 Å². The first kappa shape index (κ1) is 17.3. The van der Waals surface area contributed by atoms with E-state index in [2.05, 4.69) is 25.1 Å². The maximum absolute atomic E-state index is 12.0. The molecule has 0 aromatic heterocycles. The lowest BCUT2D eigenvalue weighted by Crippen LogP contribution is -2.46. The first-order valence-electron chi connectivity index (χ1n) is 6.75. The number of rotatable bonds is 9. The van der Waals surface area contributed by atoms with Crippen LogP contribution >= 0.6 is 0 Å². The molecular weight excluding hydrogens is 244 g/mol. The monoisotopic (exact) mass is 268 g/mol. The van der Waals surface area contributed by atoms with E-state index < -0.39 is 12.0 Å². The zero-order valence-electron chi connectivity index (χ0n) is 11.8. The van der Waals surface area contributed by atoms with Crippen LogP contribution in [-0.4, -0.2) is 41.1 Å². The Morgan fingerprint density at radius 3 is 2.47 bits per heavy atom. The standard InChI is InChI=1S/C14H24N2O3/c1-4-7-9-12(8-5-2)15-14(19)16(10-6-3)11-13(17)18/h3,12H,4-5,7-11H2,1-2H3,(H,15,19)(H,17,18). The normalized spacial score (nSPS) is 11.4. The number of terminal acetylenes is 1. The quantitative estimate of drug-likeness (QED) is 0.629. The molecule has 0 saturated heterocycles. The van der Waals surface area contributed by atoms with E-state index in [0.29, 0.717) is 0 Å². The molecule has 5 nitrogen and oxygen atoms in total. The highest BCUT2D eigenvalue weighted by atomic mass is 16.4. The number of urea groups is 1. The maximum atomic E-state index is 12.0. The van der Waals surface area contributed by atoms with E-state index in [0.717, 1.165) is 37.0 Å². The first-order valence-corrected chi connectivity index (χ1v) is 6.75. The molecule has 0 aliphatic carbocycles. The van der Waals surface area contributed by atoms with Gasteiger partial charge in [0, 0.05) is 6.04 Å². The minimum atomic E-state index is -1.06. The van der Waals surface area contributed by atoms with Crippen LogP contribution in [0.15, 0.2) is 0 Å². The number of carboxylic acids is 1. The third-order valence-electron chi connectivity index (χ3n) is 2.77. The predicted octanol–water partition coefficient (Wildman–Crippen LogP) is 2.07. The molecule has 0 bridgehead atoms. The highest BCUT2D eigenvalue weighted by Gasteiger charge is 2.18. The lowest BCUT2D eigenvalue weighted by atomic mass is 10.1. The molecule has 1 unspecified atom stereocenters. The number of aliphatic carboxylic acids is 1. The number of amides is 2. The van der Waals surface area contributed by atoms with Gasteiger partial charge in [-0.2, -0.15) is 0 Å². The van der Waals surface area contributed by atoms with E-state index in [4.69, 9.17) is 11.5 Å². The number of hydrogen-bond donors (Lipinski definition) is 2. The Hall–Kier alpha value is -1.70. The number of hydrogen-bond acceptors (Lipinski definition) is 2. The highest BCUT2D eigenvalue weighted by Crippen LogP contribution is 2.07. The second-order valence-electron chi connectivity index (χ2n) is 4.53. The van der Waals surface area contributed by atoms with Gasteiger partial charge >= 0.3 is 12.0 Å². The Morgan fingerprint density at radius 1 is 1.32 bits per heavy atom. The number of carboxylic acid groups (broad SMARTS) is 1. The molecule has 0 radical (unpaired) electrons. The van der Waals surface area contributed by atoms with Gasteiger partial charge in [-0.1, -0.05) is 39.0 Å². The molecule has 0 aliphatic rings. The van der Waals surface area contributed by atoms with Crippen molar-refractivity contribution in [1.82, 2.24) is 10.2 Å². The fourth-order valence-electron chi connectivity index (χ4n) is 1.83. The molecule has 0 aromatic rings. The summed E-state index contributed by atoms with van der Waals surface area (Å²) in [5.41, 5.74) is 0. The van der Waals surface area contributed by atoms with Crippen molar-refractivity contribution >= 4 is 12.0 Å². The van der Waals surface area contributed by atoms with Crippen LogP contribution in [0.1, 0.15) is 46.0 Å². The Balaban J connectivity index is 4.46. The van der Waals surface area contributed by atoms with Crippen molar-refractivity contribution in [1.29, 1.82) is 0 Å². The predicted molar refractivity (Wildman–Crippen MR) is 74.8 cm³/mol. The molecule has 0 heterocycles. The fourth-order valence-corrected chi connectivity index (χ4v) is 1.83. The van der Waals surface area contributed by atoms with Crippen LogP contribution in [0, 0.1) is 12.3 Å². The van der Waals surface area contributed by atoms with Gasteiger partial charge in [0.2, 0.25) is 0 Å². The van der Waals surface area contributed by atoms with E-state index >= 15 is 0 Å². The number of unbranched alkanes of at least 4 members (excludes halogenated alkanes) is 1. The molecule has 0 aromatic carbocycles. The summed E-state index contributed by atoms with van der Waals surface area (Å²) >= 11 is 0. The van der Waals surface area contributed by atoms with Crippen LogP contribution in [-0.2, 0) is 4.79 Å². The Labute approximate surface area is 115 Å². The van der Waals surface area contributed by atoms with Crippen molar-refractivity contribution in [2.24, 2.45) is 0 Å². The summed E-state index contributed by atoms with van der Waals surface area (Å²) in [7, 11) is 0. The summed E-state index contributed by atoms with van der Waals surface area (Å²) in [6.45, 7) is 3.79. The molecule has 5 heteroatoms. The molecule has 0 saturated carbocycles.